The molecule has 5 rings (SSSR count). The first-order chi connectivity index (χ1) is 20.3. The number of rotatable bonds is 6. The number of methoxy groups -OCH3 is 1. The highest BCUT2D eigenvalue weighted by Gasteiger charge is 2.57. The number of benzene rings is 3. The van der Waals surface area contributed by atoms with Crippen LogP contribution in [-0.4, -0.2) is 44.4 Å². The molecule has 8 nitrogen and oxygen atoms in total. The Bertz CT molecular complexity index is 1500. The van der Waals surface area contributed by atoms with Crippen molar-refractivity contribution in [1.82, 2.24) is 5.32 Å². The Morgan fingerprint density at radius 1 is 0.930 bits per heavy atom. The van der Waals surface area contributed by atoms with Gasteiger partial charge in [-0.3, -0.25) is 4.79 Å². The zero-order valence-electron chi connectivity index (χ0n) is 24.5. The number of fused-ring (bicyclic) bond motifs is 2. The molecule has 0 aliphatic carbocycles. The van der Waals surface area contributed by atoms with E-state index in [2.05, 4.69) is 26.8 Å². The van der Waals surface area contributed by atoms with Crippen LogP contribution in [-0.2, 0) is 10.2 Å². The molecule has 2 heterocycles. The number of ether oxygens (including phenoxy) is 2. The molecule has 11 heteroatoms. The predicted molar refractivity (Wildman–Crippen MR) is 159 cm³/mol. The summed E-state index contributed by atoms with van der Waals surface area (Å²) in [6, 6.07) is 16.8. The van der Waals surface area contributed by atoms with E-state index in [4.69, 9.17) is 4.74 Å². The number of carbonyl (C=O) groups excluding carboxylic acids is 2. The Morgan fingerprint density at radius 2 is 1.60 bits per heavy atom. The van der Waals surface area contributed by atoms with Crippen LogP contribution in [0.25, 0.3) is 0 Å². The van der Waals surface area contributed by atoms with Gasteiger partial charge < -0.3 is 30.3 Å². The zero-order chi connectivity index (χ0) is 31.0. The van der Waals surface area contributed by atoms with E-state index in [0.29, 0.717) is 17.1 Å². The first-order valence-corrected chi connectivity index (χ1v) is 14.1. The Morgan fingerprint density at radius 3 is 2.23 bits per heavy atom. The fourth-order valence-corrected chi connectivity index (χ4v) is 6.13. The van der Waals surface area contributed by atoms with Gasteiger partial charge in [-0.2, -0.15) is 0 Å². The minimum atomic E-state index is -4.81. The highest BCUT2D eigenvalue weighted by atomic mass is 19.4. The smallest absolute Gasteiger partial charge is 0.495 e. The first kappa shape index (κ1) is 30.2. The highest BCUT2D eigenvalue weighted by molar-refractivity contribution is 6.05. The fraction of sp³-hybridized carbons (Fsp3) is 0.375. The molecule has 43 heavy (non-hydrogen) atoms. The molecule has 1 spiro atoms. The van der Waals surface area contributed by atoms with E-state index < -0.39 is 35.0 Å². The van der Waals surface area contributed by atoms with E-state index in [1.807, 2.05) is 49.9 Å². The SMILES string of the molecule is COc1cccc2c1N(c1ccccc1NC(=O)Nc1ccc(OC(F)(F)F)cc1)C(C(=O)C(C)(C)C)C21CCNCC1. The van der Waals surface area contributed by atoms with Crippen molar-refractivity contribution >= 4 is 34.6 Å². The topological polar surface area (TPSA) is 91.9 Å². The summed E-state index contributed by atoms with van der Waals surface area (Å²) in [6.07, 6.45) is -3.31. The summed E-state index contributed by atoms with van der Waals surface area (Å²) >= 11 is 0. The normalized spacial score (nSPS) is 17.7. The third kappa shape index (κ3) is 5.99. The molecule has 2 aliphatic rings. The number of Topliss-reactive ketones (excluding diaryl/α,β-unsaturated/α-hetero) is 1. The van der Waals surface area contributed by atoms with Crippen LogP contribution in [0, 0.1) is 5.41 Å². The van der Waals surface area contributed by atoms with Gasteiger partial charge in [-0.15, -0.1) is 13.2 Å². The third-order valence-electron chi connectivity index (χ3n) is 8.02. The van der Waals surface area contributed by atoms with Crippen LogP contribution in [0.4, 0.5) is 40.7 Å². The summed E-state index contributed by atoms with van der Waals surface area (Å²) in [5, 5.41) is 8.96. The maximum absolute atomic E-state index is 14.4. The molecule has 1 unspecified atom stereocenters. The van der Waals surface area contributed by atoms with E-state index in [1.165, 1.54) is 12.1 Å². The molecule has 0 radical (unpaired) electrons. The van der Waals surface area contributed by atoms with Gasteiger partial charge in [0.15, 0.2) is 5.78 Å². The summed E-state index contributed by atoms with van der Waals surface area (Å²) in [5.74, 6) is 0.306. The van der Waals surface area contributed by atoms with Gasteiger partial charge in [-0.25, -0.2) is 4.79 Å². The zero-order valence-corrected chi connectivity index (χ0v) is 24.5. The summed E-state index contributed by atoms with van der Waals surface area (Å²) < 4.78 is 47.3. The second-order valence-electron chi connectivity index (χ2n) is 11.8. The maximum Gasteiger partial charge on any atom is 0.573 e. The third-order valence-corrected chi connectivity index (χ3v) is 8.02. The maximum atomic E-state index is 14.4. The Hall–Kier alpha value is -4.25. The molecule has 1 fully saturated rings. The number of ketones is 1. The summed E-state index contributed by atoms with van der Waals surface area (Å²) in [5.41, 5.74) is 2.04. The standard InChI is InChI=1S/C32H35F3N4O4/c1-30(2,3)28(40)27-31(16-18-36-19-17-31)22-8-7-11-25(42-4)26(22)39(27)24-10-6-5-9-23(24)38-29(41)37-20-12-14-21(15-13-20)43-32(33,34)35/h5-15,27,36H,16-19H2,1-4H3,(H2,37,38,41). The van der Waals surface area contributed by atoms with Gasteiger partial charge >= 0.3 is 12.4 Å². The minimum Gasteiger partial charge on any atom is -0.495 e. The number of hydrogen-bond donors (Lipinski definition) is 3. The van der Waals surface area contributed by atoms with Crippen LogP contribution < -0.4 is 30.3 Å². The van der Waals surface area contributed by atoms with Crippen LogP contribution in [0.2, 0.25) is 0 Å². The van der Waals surface area contributed by atoms with Gasteiger partial charge in [-0.05, 0) is 74.0 Å². The van der Waals surface area contributed by atoms with E-state index in [1.54, 1.807) is 19.2 Å². The lowest BCUT2D eigenvalue weighted by Crippen LogP contribution is -2.55. The van der Waals surface area contributed by atoms with Crippen LogP contribution in [0.5, 0.6) is 11.5 Å². The predicted octanol–water partition coefficient (Wildman–Crippen LogP) is 6.99. The molecular formula is C32H35F3N4O4. The first-order valence-electron chi connectivity index (χ1n) is 14.1. The van der Waals surface area contributed by atoms with Crippen molar-refractivity contribution in [3.05, 3.63) is 72.3 Å². The average Bonchev–Trinajstić information content (AvgIpc) is 3.22. The number of nitrogens with one attached hydrogen (secondary N) is 3. The van der Waals surface area contributed by atoms with E-state index in [-0.39, 0.29) is 11.5 Å². The number of para-hydroxylation sites is 3. The second kappa shape index (κ2) is 11.4. The van der Waals surface area contributed by atoms with Crippen LogP contribution >= 0.6 is 0 Å². The van der Waals surface area contributed by atoms with Crippen LogP contribution in [0.15, 0.2) is 66.7 Å². The number of hydrogen-bond acceptors (Lipinski definition) is 6. The van der Waals surface area contributed by atoms with Gasteiger partial charge in [-0.1, -0.05) is 45.0 Å². The van der Waals surface area contributed by atoms with Crippen LogP contribution in [0.1, 0.15) is 39.2 Å². The number of alkyl halides is 3. The van der Waals surface area contributed by atoms with Gasteiger partial charge in [0.1, 0.15) is 17.5 Å². The van der Waals surface area contributed by atoms with E-state index in [0.717, 1.165) is 49.3 Å². The molecule has 3 aromatic carbocycles. The quantitative estimate of drug-likeness (QED) is 0.284. The number of carbonyl (C=O) groups is 2. The molecule has 1 saturated heterocycles. The number of amides is 2. The number of urea groups is 1. The van der Waals surface area contributed by atoms with Gasteiger partial charge in [0.05, 0.1) is 24.2 Å². The van der Waals surface area contributed by atoms with E-state index >= 15 is 0 Å². The molecule has 3 N–H and O–H groups in total. The van der Waals surface area contributed by atoms with Crippen molar-refractivity contribution < 1.29 is 32.2 Å². The molecule has 228 valence electrons. The number of halogens is 3. The minimum absolute atomic E-state index is 0.0769. The van der Waals surface area contributed by atoms with Crippen molar-refractivity contribution in [2.24, 2.45) is 5.41 Å². The largest absolute Gasteiger partial charge is 0.573 e. The average molecular weight is 597 g/mol. The van der Waals surface area contributed by atoms with Crippen molar-refractivity contribution in [1.29, 1.82) is 0 Å². The second-order valence-corrected chi connectivity index (χ2v) is 11.8. The monoisotopic (exact) mass is 596 g/mol. The Labute approximate surface area is 248 Å². The summed E-state index contributed by atoms with van der Waals surface area (Å²) in [7, 11) is 1.60. The number of anilines is 4. The number of piperidine rings is 1. The van der Waals surface area contributed by atoms with Crippen molar-refractivity contribution in [2.45, 2.75) is 51.4 Å². The highest BCUT2D eigenvalue weighted by Crippen LogP contribution is 2.58. The molecule has 3 aromatic rings. The molecule has 2 amide bonds. The summed E-state index contributed by atoms with van der Waals surface area (Å²) in [4.78, 5) is 29.6. The lowest BCUT2D eigenvalue weighted by atomic mass is 9.65. The number of nitrogens with zero attached hydrogens (tertiary/aromatic N) is 1. The molecule has 2 aliphatic heterocycles. The fourth-order valence-electron chi connectivity index (χ4n) is 6.13. The molecule has 0 saturated carbocycles. The van der Waals surface area contributed by atoms with Crippen LogP contribution in [0.3, 0.4) is 0 Å². The Balaban J connectivity index is 1.53. The van der Waals surface area contributed by atoms with Gasteiger partial charge in [0.25, 0.3) is 0 Å². The lowest BCUT2D eigenvalue weighted by Gasteiger charge is -2.43. The van der Waals surface area contributed by atoms with Crippen molar-refractivity contribution in [2.75, 3.05) is 35.7 Å². The summed E-state index contributed by atoms with van der Waals surface area (Å²) in [6.45, 7) is 7.28. The molecule has 0 bridgehead atoms. The van der Waals surface area contributed by atoms with E-state index in [9.17, 15) is 22.8 Å². The van der Waals surface area contributed by atoms with Gasteiger partial charge in [0, 0.05) is 16.5 Å². The van der Waals surface area contributed by atoms with Crippen molar-refractivity contribution in [3.8, 4) is 11.5 Å². The molecule has 1 atom stereocenters. The molecular weight excluding hydrogens is 561 g/mol. The Kier molecular flexibility index (Phi) is 8.04. The van der Waals surface area contributed by atoms with Gasteiger partial charge in [0.2, 0.25) is 0 Å². The van der Waals surface area contributed by atoms with Crippen molar-refractivity contribution in [3.63, 3.8) is 0 Å². The molecule has 0 aromatic heterocycles. The lowest BCUT2D eigenvalue weighted by molar-refractivity contribution is -0.274.